The molecule has 1 aromatic heterocycles. The molecule has 0 spiro atoms. The van der Waals surface area contributed by atoms with Gasteiger partial charge in [-0.05, 0) is 24.3 Å². The first kappa shape index (κ1) is 15.9. The van der Waals surface area contributed by atoms with Crippen molar-refractivity contribution in [3.05, 3.63) is 30.1 Å². The average Bonchev–Trinajstić information content (AvgIpc) is 3.32. The van der Waals surface area contributed by atoms with Crippen molar-refractivity contribution in [1.29, 1.82) is 0 Å². The van der Waals surface area contributed by atoms with E-state index in [1.165, 1.54) is 0 Å². The maximum Gasteiger partial charge on any atom is 0.260 e. The van der Waals surface area contributed by atoms with Gasteiger partial charge in [-0.3, -0.25) is 0 Å². The van der Waals surface area contributed by atoms with Gasteiger partial charge >= 0.3 is 0 Å². The number of ether oxygens (including phenoxy) is 2. The highest BCUT2D eigenvalue weighted by atomic mass is 32.2. The topological polar surface area (TPSA) is 60.6 Å². The molecule has 2 saturated heterocycles. The summed E-state index contributed by atoms with van der Waals surface area (Å²) < 4.78 is 16.8. The van der Waals surface area contributed by atoms with Crippen LogP contribution in [0.25, 0.3) is 11.5 Å². The number of morpholine rings is 1. The minimum absolute atomic E-state index is 0.416. The van der Waals surface area contributed by atoms with Gasteiger partial charge in [0.1, 0.15) is 5.60 Å². The van der Waals surface area contributed by atoms with Crippen LogP contribution in [0.15, 0.2) is 28.8 Å². The fourth-order valence-corrected chi connectivity index (χ4v) is 4.57. The Morgan fingerprint density at radius 1 is 1.25 bits per heavy atom. The minimum Gasteiger partial charge on any atom is -0.378 e. The van der Waals surface area contributed by atoms with E-state index >= 15 is 0 Å². The predicted octanol–water partition coefficient (Wildman–Crippen LogP) is 2.55. The Kier molecular flexibility index (Phi) is 4.47. The fraction of sp³-hybridized carbons (Fsp3) is 0.529. The maximum atomic E-state index is 5.75. The van der Waals surface area contributed by atoms with E-state index in [4.69, 9.17) is 14.0 Å². The van der Waals surface area contributed by atoms with Crippen molar-refractivity contribution in [1.82, 2.24) is 10.1 Å². The first-order chi connectivity index (χ1) is 11.8. The van der Waals surface area contributed by atoms with Crippen molar-refractivity contribution < 1.29 is 14.0 Å². The number of rotatable bonds is 4. The van der Waals surface area contributed by atoms with E-state index in [2.05, 4.69) is 21.1 Å². The molecule has 3 heterocycles. The summed E-state index contributed by atoms with van der Waals surface area (Å²) in [5, 5.41) is 4.24. The molecule has 4 rings (SSSR count). The Bertz CT molecular complexity index is 694. The van der Waals surface area contributed by atoms with Crippen molar-refractivity contribution in [3.63, 3.8) is 0 Å². The van der Waals surface area contributed by atoms with Crippen LogP contribution >= 0.6 is 11.8 Å². The summed E-state index contributed by atoms with van der Waals surface area (Å²) in [5.74, 6) is 3.14. The monoisotopic (exact) mass is 347 g/mol. The first-order valence-corrected chi connectivity index (χ1v) is 9.37. The number of hydrogen-bond acceptors (Lipinski definition) is 7. The Labute approximate surface area is 145 Å². The number of benzene rings is 1. The summed E-state index contributed by atoms with van der Waals surface area (Å²) in [6.45, 7) is 3.23. The minimum atomic E-state index is -0.416. The number of anilines is 1. The molecule has 0 N–H and O–H groups in total. The third-order valence-corrected chi connectivity index (χ3v) is 5.86. The lowest BCUT2D eigenvalue weighted by molar-refractivity contribution is -0.000227. The van der Waals surface area contributed by atoms with Gasteiger partial charge < -0.3 is 18.9 Å². The van der Waals surface area contributed by atoms with Gasteiger partial charge in [-0.25, -0.2) is 0 Å². The third-order valence-electron chi connectivity index (χ3n) is 4.70. The van der Waals surface area contributed by atoms with E-state index in [1.807, 2.05) is 30.0 Å². The quantitative estimate of drug-likeness (QED) is 0.842. The van der Waals surface area contributed by atoms with E-state index in [9.17, 15) is 0 Å². The van der Waals surface area contributed by atoms with Gasteiger partial charge in [-0.1, -0.05) is 17.3 Å². The summed E-state index contributed by atoms with van der Waals surface area (Å²) in [6.07, 6.45) is 0.915. The summed E-state index contributed by atoms with van der Waals surface area (Å²) in [6, 6.07) is 8.17. The summed E-state index contributed by atoms with van der Waals surface area (Å²) in [4.78, 5) is 6.99. The molecule has 1 aromatic carbocycles. The van der Waals surface area contributed by atoms with Crippen LogP contribution in [0.5, 0.6) is 0 Å². The molecule has 1 unspecified atom stereocenters. The van der Waals surface area contributed by atoms with E-state index in [0.29, 0.717) is 11.7 Å². The number of nitrogens with zero attached hydrogens (tertiary/aromatic N) is 3. The zero-order chi connectivity index (χ0) is 16.4. The van der Waals surface area contributed by atoms with Gasteiger partial charge in [-0.15, -0.1) is 0 Å². The van der Waals surface area contributed by atoms with Gasteiger partial charge in [0.15, 0.2) is 0 Å². The second kappa shape index (κ2) is 6.74. The zero-order valence-corrected chi connectivity index (χ0v) is 14.6. The molecule has 0 bridgehead atoms. The second-order valence-corrected chi connectivity index (χ2v) is 7.15. The normalized spacial score (nSPS) is 24.5. The Morgan fingerprint density at radius 3 is 2.83 bits per heavy atom. The van der Waals surface area contributed by atoms with E-state index < -0.39 is 5.60 Å². The highest BCUT2D eigenvalue weighted by molar-refractivity contribution is 7.99. The molecule has 0 amide bonds. The zero-order valence-electron chi connectivity index (χ0n) is 13.7. The molecule has 7 heteroatoms. The van der Waals surface area contributed by atoms with Crippen LogP contribution in [0.4, 0.5) is 5.69 Å². The van der Waals surface area contributed by atoms with Gasteiger partial charge in [-0.2, -0.15) is 16.7 Å². The second-order valence-electron chi connectivity index (χ2n) is 6.04. The fourth-order valence-electron chi connectivity index (χ4n) is 3.23. The van der Waals surface area contributed by atoms with Crippen LogP contribution in [0.3, 0.4) is 0 Å². The highest BCUT2D eigenvalue weighted by Gasteiger charge is 2.41. The molecule has 2 fully saturated rings. The van der Waals surface area contributed by atoms with Gasteiger partial charge in [0.05, 0.1) is 18.8 Å². The molecular weight excluding hydrogens is 326 g/mol. The number of para-hydroxylation sites is 1. The lowest BCUT2D eigenvalue weighted by atomic mass is 10.0. The van der Waals surface area contributed by atoms with E-state index in [-0.39, 0.29) is 0 Å². The van der Waals surface area contributed by atoms with Crippen molar-refractivity contribution in [2.45, 2.75) is 12.0 Å². The van der Waals surface area contributed by atoms with Gasteiger partial charge in [0, 0.05) is 31.6 Å². The van der Waals surface area contributed by atoms with Crippen LogP contribution in [0.1, 0.15) is 12.2 Å². The van der Waals surface area contributed by atoms with E-state index in [0.717, 1.165) is 55.5 Å². The molecule has 2 aliphatic rings. The van der Waals surface area contributed by atoms with E-state index in [1.54, 1.807) is 7.11 Å². The molecule has 6 nitrogen and oxygen atoms in total. The van der Waals surface area contributed by atoms with Crippen molar-refractivity contribution in [2.75, 3.05) is 49.8 Å². The van der Waals surface area contributed by atoms with Crippen LogP contribution in [0, 0.1) is 0 Å². The first-order valence-electron chi connectivity index (χ1n) is 8.22. The lowest BCUT2D eigenvalue weighted by Crippen LogP contribution is -2.36. The van der Waals surface area contributed by atoms with Crippen LogP contribution in [-0.2, 0) is 15.1 Å². The molecule has 0 saturated carbocycles. The molecule has 1 atom stereocenters. The standard InChI is InChI=1S/C17H21N3O3S/c1-21-17(6-11-24-12-17)16-18-15(23-19-16)13-4-2-3-5-14(13)20-7-9-22-10-8-20/h2-5H,6-12H2,1H3. The van der Waals surface area contributed by atoms with Crippen molar-refractivity contribution in [2.24, 2.45) is 0 Å². The summed E-state index contributed by atoms with van der Waals surface area (Å²) in [5.41, 5.74) is 1.67. The largest absolute Gasteiger partial charge is 0.378 e. The molecule has 24 heavy (non-hydrogen) atoms. The number of methoxy groups -OCH3 is 1. The van der Waals surface area contributed by atoms with Crippen LogP contribution in [0.2, 0.25) is 0 Å². The maximum absolute atomic E-state index is 5.75. The molecule has 128 valence electrons. The highest BCUT2D eigenvalue weighted by Crippen LogP contribution is 2.39. The molecule has 0 radical (unpaired) electrons. The van der Waals surface area contributed by atoms with Crippen molar-refractivity contribution in [3.8, 4) is 11.5 Å². The number of thioether (sulfide) groups is 1. The Morgan fingerprint density at radius 2 is 2.08 bits per heavy atom. The molecule has 0 aliphatic carbocycles. The summed E-state index contributed by atoms with van der Waals surface area (Å²) >= 11 is 1.86. The van der Waals surface area contributed by atoms with Gasteiger partial charge in [0.25, 0.3) is 5.89 Å². The van der Waals surface area contributed by atoms with Crippen LogP contribution in [-0.4, -0.2) is 55.1 Å². The molecular formula is C17H21N3O3S. The third kappa shape index (κ3) is 2.81. The number of aromatic nitrogens is 2. The Balaban J connectivity index is 1.67. The average molecular weight is 347 g/mol. The molecule has 2 aromatic rings. The SMILES string of the molecule is COC1(c2noc(-c3ccccc3N3CCOCC3)n2)CCSC1. The van der Waals surface area contributed by atoms with Crippen LogP contribution < -0.4 is 4.90 Å². The molecule has 2 aliphatic heterocycles. The smallest absolute Gasteiger partial charge is 0.260 e. The number of hydrogen-bond donors (Lipinski definition) is 0. The van der Waals surface area contributed by atoms with Gasteiger partial charge in [0.2, 0.25) is 5.82 Å². The Hall–Kier alpha value is -1.57. The van der Waals surface area contributed by atoms with Crippen molar-refractivity contribution >= 4 is 17.4 Å². The summed E-state index contributed by atoms with van der Waals surface area (Å²) in [7, 11) is 1.73. The lowest BCUT2D eigenvalue weighted by Gasteiger charge is -2.29. The predicted molar refractivity (Wildman–Crippen MR) is 93.4 cm³/mol.